The molecule has 1 saturated carbocycles. The molecule has 5 fully saturated rings. The summed E-state index contributed by atoms with van der Waals surface area (Å²) >= 11 is 0. The SMILES string of the molecule is C.C.O=C(CCN1CCCC1)Nc1ccc2c(=O)c3ccc(NC(=O)CCN4CCCC4)cc3[nH]c2c1.O=C(CCN1CCCC1)Nc1ccc2c(NC3CC3)c3ccc(NC(=O)CCN4CCCC4)cc3nc2c1. The maximum atomic E-state index is 13.0. The molecule has 400 valence electrons. The maximum absolute atomic E-state index is 13.0. The van der Waals surface area contributed by atoms with E-state index in [0.717, 1.165) is 117 Å². The van der Waals surface area contributed by atoms with E-state index in [0.29, 0.717) is 64.9 Å². The molecule has 6 N–H and O–H groups in total. The average molecular weight is 1020 g/mol. The van der Waals surface area contributed by atoms with Crippen LogP contribution in [0.5, 0.6) is 0 Å². The van der Waals surface area contributed by atoms with Crippen LogP contribution in [0.4, 0.5) is 28.4 Å². The third kappa shape index (κ3) is 14.7. The van der Waals surface area contributed by atoms with Crippen LogP contribution in [0.25, 0.3) is 43.6 Å². The van der Waals surface area contributed by atoms with Gasteiger partial charge < -0.3 is 51.2 Å². The summed E-state index contributed by atoms with van der Waals surface area (Å²) in [5.74, 6) is 0.0104. The number of fused-ring (bicyclic) bond motifs is 4. The Morgan fingerprint density at radius 3 is 1.08 bits per heavy atom. The fraction of sp³-hybridized carbons (Fsp3) is 0.492. The number of aromatic nitrogens is 2. The molecule has 1 aliphatic carbocycles. The molecular weight excluding hydrogens is 943 g/mol. The van der Waals surface area contributed by atoms with Gasteiger partial charge in [0.1, 0.15) is 0 Å². The van der Waals surface area contributed by atoms with Gasteiger partial charge in [0.15, 0.2) is 5.43 Å². The monoisotopic (exact) mass is 1020 g/mol. The van der Waals surface area contributed by atoms with Crippen molar-refractivity contribution in [2.45, 2.75) is 111 Å². The number of rotatable bonds is 18. The molecule has 4 aliphatic heterocycles. The average Bonchev–Trinajstić information content (AvgIpc) is 4.00. The van der Waals surface area contributed by atoms with Crippen LogP contribution < -0.4 is 32.0 Å². The fourth-order valence-electron chi connectivity index (χ4n) is 10.8. The third-order valence-electron chi connectivity index (χ3n) is 15.0. The minimum absolute atomic E-state index is 0. The normalized spacial score (nSPS) is 17.1. The van der Waals surface area contributed by atoms with Gasteiger partial charge in [0.2, 0.25) is 23.6 Å². The minimum Gasteiger partial charge on any atom is -0.381 e. The Morgan fingerprint density at radius 1 is 0.453 bits per heavy atom. The molecule has 2 aromatic heterocycles. The standard InChI is InChI=1S/C30H38N6O2.C27H33N5O3.2CH4/c37-28(11-17-35-13-1-2-14-35)31-22-7-9-24-26(19-22)34-27-20-23(8-10-25(27)30(24)33-21-5-6-21)32-29(38)12-18-36-15-3-4-16-36;33-25(9-15-31-11-1-2-12-31)28-19-5-7-21-23(17-19)30-24-18-20(6-8-22(24)27(21)35)29-26(34)10-16-32-13-3-4-14-32;;/h7-10,19-21H,1-6,11-18H2,(H,31,37)(H,32,38)(H,33,34);5-8,17-18H,1-4,9-16H2,(H,28,33)(H,29,34)(H,30,35);2*1H4. The summed E-state index contributed by atoms with van der Waals surface area (Å²) in [6, 6.07) is 23.1. The van der Waals surface area contributed by atoms with E-state index >= 15 is 0 Å². The number of hydrogen-bond acceptors (Lipinski definition) is 11. The summed E-state index contributed by atoms with van der Waals surface area (Å²) in [6.07, 6.45) is 14.0. The molecule has 11 rings (SSSR count). The number of amides is 4. The van der Waals surface area contributed by atoms with Crippen molar-refractivity contribution < 1.29 is 19.2 Å². The second-order valence-corrected chi connectivity index (χ2v) is 20.7. The Bertz CT molecular complexity index is 2830. The molecule has 5 aliphatic rings. The molecule has 4 saturated heterocycles. The second-order valence-electron chi connectivity index (χ2n) is 20.7. The van der Waals surface area contributed by atoms with Gasteiger partial charge >= 0.3 is 0 Å². The van der Waals surface area contributed by atoms with Gasteiger partial charge in [0.05, 0.1) is 27.8 Å². The first-order chi connectivity index (χ1) is 35.6. The van der Waals surface area contributed by atoms with Crippen LogP contribution in [0.3, 0.4) is 0 Å². The van der Waals surface area contributed by atoms with Crippen LogP contribution in [0.15, 0.2) is 77.6 Å². The lowest BCUT2D eigenvalue weighted by atomic mass is 10.1. The summed E-state index contributed by atoms with van der Waals surface area (Å²) in [5, 5.41) is 19.0. The van der Waals surface area contributed by atoms with Crippen molar-refractivity contribution in [2.75, 3.05) is 105 Å². The van der Waals surface area contributed by atoms with Gasteiger partial charge in [-0.2, -0.15) is 0 Å². The van der Waals surface area contributed by atoms with E-state index in [4.69, 9.17) is 4.98 Å². The molecule has 6 heterocycles. The highest BCUT2D eigenvalue weighted by Crippen LogP contribution is 2.37. The van der Waals surface area contributed by atoms with E-state index in [1.54, 1.807) is 36.4 Å². The predicted octanol–water partition coefficient (Wildman–Crippen LogP) is 9.61. The number of carbonyl (C=O) groups is 4. The Hall–Kier alpha value is -6.46. The molecule has 16 nitrogen and oxygen atoms in total. The van der Waals surface area contributed by atoms with Crippen LogP contribution >= 0.6 is 0 Å². The highest BCUT2D eigenvalue weighted by molar-refractivity contribution is 6.10. The number of benzene rings is 4. The van der Waals surface area contributed by atoms with Gasteiger partial charge in [0, 0.05) is 102 Å². The summed E-state index contributed by atoms with van der Waals surface area (Å²) < 4.78 is 0. The smallest absolute Gasteiger partial charge is 0.225 e. The zero-order valence-corrected chi connectivity index (χ0v) is 42.2. The van der Waals surface area contributed by atoms with Gasteiger partial charge in [-0.25, -0.2) is 4.98 Å². The molecule has 0 unspecified atom stereocenters. The minimum atomic E-state index is -0.0763. The van der Waals surface area contributed by atoms with E-state index in [1.807, 2.05) is 24.3 Å². The molecule has 4 amide bonds. The molecular formula is C59H79N11O5. The molecule has 4 aromatic carbocycles. The van der Waals surface area contributed by atoms with Crippen molar-refractivity contribution in [1.29, 1.82) is 0 Å². The number of hydrogen-bond donors (Lipinski definition) is 6. The van der Waals surface area contributed by atoms with E-state index in [2.05, 4.69) is 63.3 Å². The van der Waals surface area contributed by atoms with Crippen molar-refractivity contribution in [3.8, 4) is 0 Å². The topological polar surface area (TPSA) is 187 Å². The molecule has 0 spiro atoms. The zero-order chi connectivity index (χ0) is 50.1. The molecule has 75 heavy (non-hydrogen) atoms. The largest absolute Gasteiger partial charge is 0.381 e. The van der Waals surface area contributed by atoms with Crippen molar-refractivity contribution in [2.24, 2.45) is 0 Å². The molecule has 0 bridgehead atoms. The van der Waals surface area contributed by atoms with Crippen LogP contribution in [-0.4, -0.2) is 138 Å². The van der Waals surface area contributed by atoms with E-state index in [1.165, 1.54) is 64.2 Å². The van der Waals surface area contributed by atoms with E-state index in [9.17, 15) is 24.0 Å². The van der Waals surface area contributed by atoms with Crippen LogP contribution in [0.2, 0.25) is 0 Å². The first-order valence-corrected chi connectivity index (χ1v) is 27.0. The second kappa shape index (κ2) is 25.9. The van der Waals surface area contributed by atoms with Crippen LogP contribution in [-0.2, 0) is 19.2 Å². The van der Waals surface area contributed by atoms with Crippen molar-refractivity contribution >= 4 is 95.7 Å². The van der Waals surface area contributed by atoms with Gasteiger partial charge in [0.25, 0.3) is 0 Å². The highest BCUT2D eigenvalue weighted by Gasteiger charge is 2.24. The van der Waals surface area contributed by atoms with E-state index < -0.39 is 0 Å². The number of anilines is 5. The van der Waals surface area contributed by atoms with Crippen molar-refractivity contribution in [3.63, 3.8) is 0 Å². The van der Waals surface area contributed by atoms with Gasteiger partial charge in [-0.05, 0) is 189 Å². The number of nitrogens with one attached hydrogen (secondary N) is 6. The number of aromatic amines is 1. The predicted molar refractivity (Wildman–Crippen MR) is 307 cm³/mol. The highest BCUT2D eigenvalue weighted by atomic mass is 16.2. The summed E-state index contributed by atoms with van der Waals surface area (Å²) in [6.45, 7) is 11.8. The molecule has 16 heteroatoms. The number of likely N-dealkylation sites (tertiary alicyclic amines) is 4. The van der Waals surface area contributed by atoms with E-state index in [-0.39, 0.29) is 43.9 Å². The van der Waals surface area contributed by atoms with Crippen molar-refractivity contribution in [1.82, 2.24) is 29.6 Å². The summed E-state index contributed by atoms with van der Waals surface area (Å²) in [5.41, 5.74) is 6.80. The Kier molecular flexibility index (Phi) is 18.9. The number of pyridine rings is 2. The number of nitrogens with zero attached hydrogens (tertiary/aromatic N) is 5. The first-order valence-electron chi connectivity index (χ1n) is 27.0. The summed E-state index contributed by atoms with van der Waals surface area (Å²) in [4.78, 5) is 80.7. The Morgan fingerprint density at radius 2 is 0.760 bits per heavy atom. The Balaban J connectivity index is 0.000000195. The quantitative estimate of drug-likeness (QED) is 0.0450. The van der Waals surface area contributed by atoms with Crippen LogP contribution in [0.1, 0.15) is 105 Å². The molecule has 0 radical (unpaired) electrons. The molecule has 6 aromatic rings. The number of H-pyrrole nitrogens is 1. The first kappa shape index (κ1) is 54.8. The number of carbonyl (C=O) groups excluding carboxylic acids is 4. The summed E-state index contributed by atoms with van der Waals surface area (Å²) in [7, 11) is 0. The van der Waals surface area contributed by atoms with Crippen molar-refractivity contribution in [3.05, 3.63) is 83.0 Å². The Labute approximate surface area is 441 Å². The van der Waals surface area contributed by atoms with Crippen LogP contribution in [0, 0.1) is 0 Å². The zero-order valence-electron chi connectivity index (χ0n) is 42.2. The van der Waals surface area contributed by atoms with Gasteiger partial charge in [-0.3, -0.25) is 24.0 Å². The maximum Gasteiger partial charge on any atom is 0.225 e. The lowest BCUT2D eigenvalue weighted by molar-refractivity contribution is -0.117. The lowest BCUT2D eigenvalue weighted by Gasteiger charge is -2.16. The fourth-order valence-corrected chi connectivity index (χ4v) is 10.8. The van der Waals surface area contributed by atoms with Gasteiger partial charge in [-0.1, -0.05) is 14.9 Å². The lowest BCUT2D eigenvalue weighted by Crippen LogP contribution is -2.25. The molecule has 0 atom stereocenters. The third-order valence-corrected chi connectivity index (χ3v) is 15.0. The van der Waals surface area contributed by atoms with Gasteiger partial charge in [-0.15, -0.1) is 0 Å².